The molecule has 0 spiro atoms. The van der Waals surface area contributed by atoms with Crippen LogP contribution in [0.5, 0.6) is 0 Å². The van der Waals surface area contributed by atoms with Crippen molar-refractivity contribution < 1.29 is 47.3 Å². The van der Waals surface area contributed by atoms with Crippen LogP contribution in [0.25, 0.3) is 11.3 Å². The fraction of sp³-hybridized carbons (Fsp3) is 0.324. The first kappa shape index (κ1) is 65.9. The summed E-state index contributed by atoms with van der Waals surface area (Å²) in [5.74, 6) is 5.10. The number of aliphatic hydroxyl groups is 1. The van der Waals surface area contributed by atoms with Crippen LogP contribution in [0.1, 0.15) is 80.9 Å². The zero-order valence-corrected chi connectivity index (χ0v) is 56.1. The Bertz CT molecular complexity index is 4370. The number of aromatic nitrogens is 3. The maximum absolute atomic E-state index is 14.0. The fourth-order valence-corrected chi connectivity index (χ4v) is 15.4. The van der Waals surface area contributed by atoms with Crippen LogP contribution in [0.4, 0.5) is 23.5 Å². The smallest absolute Gasteiger partial charge is 0.338 e. The van der Waals surface area contributed by atoms with Crippen molar-refractivity contribution in [1.29, 1.82) is 0 Å². The molecule has 3 aromatic heterocycles. The molecule has 0 unspecified atom stereocenters. The quantitative estimate of drug-likeness (QED) is 0.0493. The zero-order chi connectivity index (χ0) is 66.9. The number of thiazole rings is 3. The lowest BCUT2D eigenvalue weighted by atomic mass is 9.75. The standard InChI is InChI=1S/C35H34ClFN6O4S.C33H29ClFN7O4S2/c1-47-33(44)29-28(39-31(32-38-13-17-48-32)40-30(29)26-10-9-24(37)18-27(26)36)21-41-15-16-43-25(19-41)20-42(34(43)45)14-2-4-22-5-7-23(8-6-22)35(46)11-3-12-35;1-18(43)19-3-5-20(6-4-19)26-17-48-32(38-26)42-15-22-14-40(10-11-41(22)33(42)45)16-25-27(31(44)46-2)28(23-8-7-21(35)13-24(23)34)39-29(37-25)30-36-9-12-47-30/h5-10,13,17-18,25,30,46H,3,11-12,14-16,19-21H2,1H3,(H,39,40);3-9,12-13,17,22,28H,10-11,14-16H2,1-2H3,(H,37,39)/t25-,30-;22-,28-/m00/s1. The van der Waals surface area contributed by atoms with E-state index in [2.05, 4.69) is 42.2 Å². The number of carbonyl (C=O) groups excluding carboxylic acids is 5. The van der Waals surface area contributed by atoms with Crippen molar-refractivity contribution in [1.82, 2.24) is 50.1 Å². The largest absolute Gasteiger partial charge is 0.466 e. The molecular weight excluding hydrogens is 1330 g/mol. The van der Waals surface area contributed by atoms with Gasteiger partial charge < -0.3 is 39.9 Å². The van der Waals surface area contributed by atoms with Crippen LogP contribution in [-0.2, 0) is 24.7 Å². The number of piperazine rings is 2. The summed E-state index contributed by atoms with van der Waals surface area (Å²) in [4.78, 5) is 99.9. The van der Waals surface area contributed by atoms with Crippen molar-refractivity contribution in [3.8, 4) is 23.1 Å². The van der Waals surface area contributed by atoms with Crippen molar-refractivity contribution in [2.75, 3.05) is 91.1 Å². The Hall–Kier alpha value is -8.78. The molecule has 6 aliphatic heterocycles. The third-order valence-corrected chi connectivity index (χ3v) is 21.1. The summed E-state index contributed by atoms with van der Waals surface area (Å²) in [6.45, 7) is 6.83. The Morgan fingerprint density at radius 3 is 1.73 bits per heavy atom. The van der Waals surface area contributed by atoms with E-state index in [1.807, 2.05) is 62.3 Å². The first-order valence-electron chi connectivity index (χ1n) is 30.9. The van der Waals surface area contributed by atoms with E-state index in [0.29, 0.717) is 127 Å². The molecule has 0 bridgehead atoms. The number of amidine groups is 2. The van der Waals surface area contributed by atoms with E-state index in [0.717, 1.165) is 41.6 Å². The third kappa shape index (κ3) is 13.7. The highest BCUT2D eigenvalue weighted by Crippen LogP contribution is 2.42. The van der Waals surface area contributed by atoms with E-state index in [1.54, 1.807) is 34.3 Å². The van der Waals surface area contributed by atoms with E-state index in [1.165, 1.54) is 91.6 Å². The normalized spacial score (nSPS) is 20.8. The lowest BCUT2D eigenvalue weighted by Crippen LogP contribution is -2.53. The topological polar surface area (TPSA) is 231 Å². The molecule has 14 rings (SSSR count). The van der Waals surface area contributed by atoms with E-state index in [4.69, 9.17) is 47.6 Å². The van der Waals surface area contributed by atoms with Gasteiger partial charge in [0.2, 0.25) is 0 Å². The van der Waals surface area contributed by atoms with Gasteiger partial charge in [-0.2, -0.15) is 0 Å². The SMILES string of the molecule is COC(=O)C1=C(CN2CCN3C(=O)N(CC#Cc4ccc(C5(O)CCC5)cc4)C[C@@H]3C2)NC(c2nccs2)=N[C@H]1c1ccc(F)cc1Cl.COC(=O)C1=C(CN2CCN3C(=O)N(c4nc(-c5ccc(C(C)=O)cc5)cs4)C[C@@H]3C2)NC(c2nccs2)=N[C@H]1c1ccc(F)cc1Cl. The minimum atomic E-state index is -0.858. The van der Waals surface area contributed by atoms with E-state index >= 15 is 0 Å². The van der Waals surface area contributed by atoms with Gasteiger partial charge in [-0.15, -0.1) is 34.0 Å². The van der Waals surface area contributed by atoms with Gasteiger partial charge in [-0.25, -0.2) is 42.9 Å². The Balaban J connectivity index is 0.000000174. The second-order valence-corrected chi connectivity index (χ2v) is 27.4. The van der Waals surface area contributed by atoms with Crippen LogP contribution >= 0.6 is 57.2 Å². The van der Waals surface area contributed by atoms with Gasteiger partial charge in [-0.3, -0.25) is 29.5 Å². The number of esters is 2. The summed E-state index contributed by atoms with van der Waals surface area (Å²) < 4.78 is 38.4. The van der Waals surface area contributed by atoms with Crippen LogP contribution in [0.3, 0.4) is 0 Å². The number of aliphatic imine (C=N–C) groups is 2. The average molecular weight is 1400 g/mol. The number of Topliss-reactive ketones (excluding diaryl/α,β-unsaturated/α-hetero) is 1. The van der Waals surface area contributed by atoms with Crippen LogP contribution in [0, 0.1) is 23.5 Å². The summed E-state index contributed by atoms with van der Waals surface area (Å²) in [5, 5.41) is 25.0. The Kier molecular flexibility index (Phi) is 19.3. The number of amides is 4. The van der Waals surface area contributed by atoms with E-state index < -0.39 is 41.3 Å². The molecule has 7 aromatic rings. The molecular formula is C68H63Cl2F2N13O8S3. The predicted molar refractivity (Wildman–Crippen MR) is 362 cm³/mol. The molecule has 1 saturated carbocycles. The second kappa shape index (κ2) is 28.1. The van der Waals surface area contributed by atoms with Crippen molar-refractivity contribution in [2.24, 2.45) is 9.98 Å². The molecule has 28 heteroatoms. The maximum Gasteiger partial charge on any atom is 0.338 e. The van der Waals surface area contributed by atoms with Crippen molar-refractivity contribution in [3.63, 3.8) is 0 Å². The molecule has 7 aliphatic rings. The van der Waals surface area contributed by atoms with Gasteiger partial charge in [0.25, 0.3) is 0 Å². The Labute approximate surface area is 573 Å². The maximum atomic E-state index is 14.0. The second-order valence-electron chi connectivity index (χ2n) is 23.9. The number of nitrogens with one attached hydrogen (secondary N) is 2. The van der Waals surface area contributed by atoms with Gasteiger partial charge >= 0.3 is 24.0 Å². The van der Waals surface area contributed by atoms with E-state index in [9.17, 15) is 37.9 Å². The minimum Gasteiger partial charge on any atom is -0.466 e. The third-order valence-electron chi connectivity index (χ3n) is 18.0. The van der Waals surface area contributed by atoms with Crippen LogP contribution in [-0.4, -0.2) is 184 Å². The van der Waals surface area contributed by atoms with E-state index in [-0.39, 0.29) is 51.1 Å². The van der Waals surface area contributed by atoms with Crippen LogP contribution in [0.2, 0.25) is 10.0 Å². The average Bonchev–Trinajstić information content (AvgIpc) is 1.15. The number of ketones is 1. The van der Waals surface area contributed by atoms with Crippen molar-refractivity contribution in [3.05, 3.63) is 196 Å². The number of ether oxygens (including phenoxy) is 2. The molecule has 4 amide bonds. The van der Waals surface area contributed by atoms with Gasteiger partial charge in [0, 0.05) is 137 Å². The molecule has 9 heterocycles. The van der Waals surface area contributed by atoms with Crippen molar-refractivity contribution >= 4 is 104 Å². The molecule has 4 saturated heterocycles. The number of rotatable bonds is 15. The first-order chi connectivity index (χ1) is 46.4. The highest BCUT2D eigenvalue weighted by molar-refractivity contribution is 7.14. The number of carbonyl (C=O) groups is 5. The molecule has 3 N–H and O–H groups in total. The monoisotopic (exact) mass is 1390 g/mol. The molecule has 96 heavy (non-hydrogen) atoms. The number of halogens is 4. The molecule has 4 atom stereocenters. The highest BCUT2D eigenvalue weighted by Gasteiger charge is 2.45. The summed E-state index contributed by atoms with van der Waals surface area (Å²) >= 11 is 17.2. The summed E-state index contributed by atoms with van der Waals surface area (Å²) in [5.41, 5.74) is 5.95. The van der Waals surface area contributed by atoms with Gasteiger partial charge in [0.1, 0.15) is 23.7 Å². The minimum absolute atomic E-state index is 0.00357. The first-order valence-corrected chi connectivity index (χ1v) is 34.3. The Morgan fingerprint density at radius 1 is 0.698 bits per heavy atom. The molecule has 21 nitrogen and oxygen atoms in total. The molecule has 0 radical (unpaired) electrons. The van der Waals surface area contributed by atoms with Crippen molar-refractivity contribution in [2.45, 2.75) is 56.0 Å². The number of urea groups is 2. The summed E-state index contributed by atoms with van der Waals surface area (Å²) in [6.07, 6.45) is 5.96. The van der Waals surface area contributed by atoms with Gasteiger partial charge in [-0.1, -0.05) is 83.6 Å². The molecule has 4 aromatic carbocycles. The highest BCUT2D eigenvalue weighted by atomic mass is 35.5. The number of nitrogens with zero attached hydrogens (tertiary/aromatic N) is 11. The predicted octanol–water partition coefficient (Wildman–Crippen LogP) is 9.71. The number of benzene rings is 4. The summed E-state index contributed by atoms with van der Waals surface area (Å²) in [7, 11) is 2.62. The number of fused-ring (bicyclic) bond motifs is 2. The number of hydrogen-bond donors (Lipinski definition) is 3. The molecule has 1 aliphatic carbocycles. The Morgan fingerprint density at radius 2 is 1.24 bits per heavy atom. The van der Waals surface area contributed by atoms with Crippen LogP contribution < -0.4 is 15.5 Å². The van der Waals surface area contributed by atoms with Crippen LogP contribution in [0.15, 0.2) is 146 Å². The lowest BCUT2D eigenvalue weighted by Gasteiger charge is -2.38. The van der Waals surface area contributed by atoms with Gasteiger partial charge in [0.15, 0.2) is 32.6 Å². The number of anilines is 1. The molecule has 5 fully saturated rings. The fourth-order valence-electron chi connectivity index (χ4n) is 12.9. The number of methoxy groups -OCH3 is 2. The zero-order valence-electron chi connectivity index (χ0n) is 52.1. The van der Waals surface area contributed by atoms with Gasteiger partial charge in [-0.05, 0) is 68.1 Å². The molecule has 494 valence electrons. The lowest BCUT2D eigenvalue weighted by molar-refractivity contribution is -0.137. The van der Waals surface area contributed by atoms with Gasteiger partial charge in [0.05, 0.1) is 61.8 Å². The summed E-state index contributed by atoms with van der Waals surface area (Å²) in [6, 6.07) is 21.0. The number of hydrogen-bond acceptors (Lipinski definition) is 20.